The fourth-order valence-corrected chi connectivity index (χ4v) is 3.73. The number of hydrogen-bond donors (Lipinski definition) is 1. The lowest BCUT2D eigenvalue weighted by Gasteiger charge is -2.33. The average Bonchev–Trinajstić information content (AvgIpc) is 2.88. The van der Waals surface area contributed by atoms with Gasteiger partial charge in [-0.3, -0.25) is 0 Å². The second-order valence-corrected chi connectivity index (χ2v) is 8.54. The van der Waals surface area contributed by atoms with Crippen LogP contribution in [0, 0.1) is 5.41 Å². The fraction of sp³-hybridized carbons (Fsp3) is 1.00. The number of hydrogen-bond acceptors (Lipinski definition) is 1. The summed E-state index contributed by atoms with van der Waals surface area (Å²) >= 11 is 0. The third kappa shape index (κ3) is 8.86. The smallest absolute Gasteiger partial charge is 0.00967 e. The molecule has 0 bridgehead atoms. The highest BCUT2D eigenvalue weighted by molar-refractivity contribution is 4.88. The Balaban J connectivity index is 2.14. The third-order valence-corrected chi connectivity index (χ3v) is 5.22. The first-order valence-electron chi connectivity index (χ1n) is 9.72. The molecule has 0 heterocycles. The standard InChI is InChI=1S/C20H41N/c1-5-6-7-8-9-10-11-12-15-20(16-13-14-17-20)18-21-19(2,3)4/h21H,5-18H2,1-4H3. The molecule has 0 radical (unpaired) electrons. The normalized spacial score (nSPS) is 18.3. The van der Waals surface area contributed by atoms with Crippen LogP contribution in [0.3, 0.4) is 0 Å². The molecule has 0 atom stereocenters. The summed E-state index contributed by atoms with van der Waals surface area (Å²) in [4.78, 5) is 0. The molecule has 0 aliphatic heterocycles. The van der Waals surface area contributed by atoms with Gasteiger partial charge in [-0.15, -0.1) is 0 Å². The van der Waals surface area contributed by atoms with Crippen molar-refractivity contribution in [3.63, 3.8) is 0 Å². The molecule has 0 aromatic heterocycles. The van der Waals surface area contributed by atoms with Gasteiger partial charge >= 0.3 is 0 Å². The highest BCUT2D eigenvalue weighted by Gasteiger charge is 2.33. The van der Waals surface area contributed by atoms with Gasteiger partial charge in [-0.25, -0.2) is 0 Å². The number of rotatable bonds is 11. The molecule has 1 aliphatic carbocycles. The molecule has 0 saturated heterocycles. The van der Waals surface area contributed by atoms with E-state index in [0.717, 1.165) is 0 Å². The van der Waals surface area contributed by atoms with E-state index in [0.29, 0.717) is 5.41 Å². The summed E-state index contributed by atoms with van der Waals surface area (Å²) < 4.78 is 0. The molecule has 1 heteroatoms. The number of nitrogens with one attached hydrogen (secondary N) is 1. The van der Waals surface area contributed by atoms with Gasteiger partial charge in [0.2, 0.25) is 0 Å². The van der Waals surface area contributed by atoms with Crippen LogP contribution in [0.25, 0.3) is 0 Å². The van der Waals surface area contributed by atoms with Crippen molar-refractivity contribution in [2.45, 2.75) is 117 Å². The molecule has 0 aromatic rings. The Kier molecular flexibility index (Phi) is 8.94. The van der Waals surface area contributed by atoms with E-state index in [-0.39, 0.29) is 5.54 Å². The molecule has 21 heavy (non-hydrogen) atoms. The summed E-state index contributed by atoms with van der Waals surface area (Å²) in [6.07, 6.45) is 18.9. The molecule has 126 valence electrons. The summed E-state index contributed by atoms with van der Waals surface area (Å²) in [7, 11) is 0. The minimum Gasteiger partial charge on any atom is -0.312 e. The van der Waals surface area contributed by atoms with Crippen LogP contribution in [0.1, 0.15) is 111 Å². The first-order valence-corrected chi connectivity index (χ1v) is 9.72. The van der Waals surface area contributed by atoms with Gasteiger partial charge < -0.3 is 5.32 Å². The maximum atomic E-state index is 3.78. The summed E-state index contributed by atoms with van der Waals surface area (Å²) in [5.41, 5.74) is 0.907. The molecule has 1 N–H and O–H groups in total. The van der Waals surface area contributed by atoms with Crippen LogP contribution in [0.5, 0.6) is 0 Å². The predicted octanol–water partition coefficient (Wildman–Crippen LogP) is 6.47. The van der Waals surface area contributed by atoms with Crippen molar-refractivity contribution >= 4 is 0 Å². The molecule has 1 fully saturated rings. The van der Waals surface area contributed by atoms with Crippen LogP contribution in [0.4, 0.5) is 0 Å². The van der Waals surface area contributed by atoms with Gasteiger partial charge in [0, 0.05) is 12.1 Å². The van der Waals surface area contributed by atoms with Gasteiger partial charge in [0.15, 0.2) is 0 Å². The van der Waals surface area contributed by atoms with Crippen molar-refractivity contribution in [3.8, 4) is 0 Å². The van der Waals surface area contributed by atoms with E-state index in [1.54, 1.807) is 0 Å². The van der Waals surface area contributed by atoms with Gasteiger partial charge in [0.05, 0.1) is 0 Å². The third-order valence-electron chi connectivity index (χ3n) is 5.22. The van der Waals surface area contributed by atoms with E-state index in [9.17, 15) is 0 Å². The van der Waals surface area contributed by atoms with Crippen LogP contribution in [0.2, 0.25) is 0 Å². The molecule has 1 nitrogen and oxygen atoms in total. The molecular weight excluding hydrogens is 254 g/mol. The average molecular weight is 296 g/mol. The molecule has 0 aromatic carbocycles. The number of unbranched alkanes of at least 4 members (excludes halogenated alkanes) is 7. The first kappa shape index (κ1) is 19.0. The lowest BCUT2D eigenvalue weighted by molar-refractivity contribution is 0.221. The Bertz CT molecular complexity index is 245. The zero-order valence-electron chi connectivity index (χ0n) is 15.4. The maximum Gasteiger partial charge on any atom is 0.00967 e. The largest absolute Gasteiger partial charge is 0.312 e. The summed E-state index contributed by atoms with van der Waals surface area (Å²) in [6.45, 7) is 10.4. The van der Waals surface area contributed by atoms with Gasteiger partial charge in [0.1, 0.15) is 0 Å². The van der Waals surface area contributed by atoms with Crippen molar-refractivity contribution in [1.82, 2.24) is 5.32 Å². The van der Waals surface area contributed by atoms with Gasteiger partial charge in [-0.05, 0) is 45.4 Å². The Hall–Kier alpha value is -0.0400. The highest BCUT2D eigenvalue weighted by Crippen LogP contribution is 2.42. The quantitative estimate of drug-likeness (QED) is 0.431. The van der Waals surface area contributed by atoms with Crippen LogP contribution < -0.4 is 5.32 Å². The maximum absolute atomic E-state index is 3.78. The van der Waals surface area contributed by atoms with E-state index in [1.165, 1.54) is 90.0 Å². The minimum absolute atomic E-state index is 0.273. The van der Waals surface area contributed by atoms with Crippen LogP contribution >= 0.6 is 0 Å². The molecule has 1 aliphatic rings. The lowest BCUT2D eigenvalue weighted by Crippen LogP contribution is -2.43. The Morgan fingerprint density at radius 3 is 1.86 bits per heavy atom. The van der Waals surface area contributed by atoms with Crippen molar-refractivity contribution < 1.29 is 0 Å². The van der Waals surface area contributed by atoms with E-state index in [2.05, 4.69) is 33.0 Å². The van der Waals surface area contributed by atoms with Gasteiger partial charge in [-0.1, -0.05) is 71.1 Å². The predicted molar refractivity (Wildman–Crippen MR) is 95.9 cm³/mol. The first-order chi connectivity index (χ1) is 9.97. The molecule has 0 unspecified atom stereocenters. The second-order valence-electron chi connectivity index (χ2n) is 8.54. The van der Waals surface area contributed by atoms with Crippen LogP contribution in [-0.2, 0) is 0 Å². The monoisotopic (exact) mass is 295 g/mol. The van der Waals surface area contributed by atoms with Crippen LogP contribution in [-0.4, -0.2) is 12.1 Å². The summed E-state index contributed by atoms with van der Waals surface area (Å²) in [5.74, 6) is 0. The van der Waals surface area contributed by atoms with Crippen molar-refractivity contribution in [3.05, 3.63) is 0 Å². The minimum atomic E-state index is 0.273. The van der Waals surface area contributed by atoms with E-state index in [1.807, 2.05) is 0 Å². The molecule has 1 rings (SSSR count). The SMILES string of the molecule is CCCCCCCCCCC1(CNC(C)(C)C)CCCC1. The summed E-state index contributed by atoms with van der Waals surface area (Å²) in [5, 5.41) is 3.78. The zero-order chi connectivity index (χ0) is 15.6. The highest BCUT2D eigenvalue weighted by atomic mass is 15.0. The van der Waals surface area contributed by atoms with E-state index in [4.69, 9.17) is 0 Å². The Morgan fingerprint density at radius 1 is 0.810 bits per heavy atom. The van der Waals surface area contributed by atoms with Gasteiger partial charge in [0.25, 0.3) is 0 Å². The topological polar surface area (TPSA) is 12.0 Å². The van der Waals surface area contributed by atoms with Crippen molar-refractivity contribution in [1.29, 1.82) is 0 Å². The fourth-order valence-electron chi connectivity index (χ4n) is 3.73. The van der Waals surface area contributed by atoms with Crippen LogP contribution in [0.15, 0.2) is 0 Å². The lowest BCUT2D eigenvalue weighted by atomic mass is 9.80. The molecule has 0 amide bonds. The van der Waals surface area contributed by atoms with E-state index >= 15 is 0 Å². The Morgan fingerprint density at radius 2 is 1.33 bits per heavy atom. The molecule has 0 spiro atoms. The molecular formula is C20H41N. The Labute approximate surface area is 134 Å². The van der Waals surface area contributed by atoms with E-state index < -0.39 is 0 Å². The summed E-state index contributed by atoms with van der Waals surface area (Å²) in [6, 6.07) is 0. The van der Waals surface area contributed by atoms with Gasteiger partial charge in [-0.2, -0.15) is 0 Å². The zero-order valence-corrected chi connectivity index (χ0v) is 15.4. The molecule has 1 saturated carbocycles. The van der Waals surface area contributed by atoms with Crippen molar-refractivity contribution in [2.75, 3.05) is 6.54 Å². The second kappa shape index (κ2) is 9.87. The van der Waals surface area contributed by atoms with Crippen molar-refractivity contribution in [2.24, 2.45) is 5.41 Å².